The summed E-state index contributed by atoms with van der Waals surface area (Å²) in [6.45, 7) is 0.297. The molecule has 2 aromatic carbocycles. The van der Waals surface area contributed by atoms with Gasteiger partial charge in [-0.05, 0) is 37.1 Å². The summed E-state index contributed by atoms with van der Waals surface area (Å²) in [5, 5.41) is 18.9. The SMILES string of the molecule is Clc1ccccc1OCc1nnc(SCc2nnc(-c3ccccc3Cl)o2)n1C1CC1. The maximum absolute atomic E-state index is 6.22. The third-order valence-corrected chi connectivity index (χ3v) is 6.31. The third kappa shape index (κ3) is 4.56. The van der Waals surface area contributed by atoms with Crippen LogP contribution in [0.25, 0.3) is 11.5 Å². The van der Waals surface area contributed by atoms with Crippen LogP contribution in [0.2, 0.25) is 10.0 Å². The molecule has 0 amide bonds. The number of hydrogen-bond donors (Lipinski definition) is 0. The monoisotopic (exact) mass is 473 g/mol. The van der Waals surface area contributed by atoms with Crippen LogP contribution >= 0.6 is 35.0 Å². The average molecular weight is 474 g/mol. The lowest BCUT2D eigenvalue weighted by atomic mass is 10.2. The van der Waals surface area contributed by atoms with E-state index in [0.29, 0.717) is 51.5 Å². The first kappa shape index (κ1) is 20.4. The van der Waals surface area contributed by atoms with Crippen molar-refractivity contribution in [3.63, 3.8) is 0 Å². The summed E-state index contributed by atoms with van der Waals surface area (Å²) in [6, 6.07) is 15.2. The minimum atomic E-state index is 0.297. The smallest absolute Gasteiger partial charge is 0.249 e. The zero-order valence-electron chi connectivity index (χ0n) is 16.2. The van der Waals surface area contributed by atoms with Crippen LogP contribution in [-0.4, -0.2) is 25.0 Å². The van der Waals surface area contributed by atoms with Gasteiger partial charge < -0.3 is 9.15 Å². The van der Waals surface area contributed by atoms with Crippen molar-refractivity contribution in [3.8, 4) is 17.2 Å². The number of benzene rings is 2. The van der Waals surface area contributed by atoms with E-state index in [2.05, 4.69) is 25.0 Å². The molecule has 1 aliphatic rings. The van der Waals surface area contributed by atoms with E-state index < -0.39 is 0 Å². The van der Waals surface area contributed by atoms with Crippen molar-refractivity contribution >= 4 is 35.0 Å². The Bertz CT molecular complexity index is 1210. The fourth-order valence-corrected chi connectivity index (χ4v) is 4.36. The molecule has 1 fully saturated rings. The Kier molecular flexibility index (Phi) is 5.85. The lowest BCUT2D eigenvalue weighted by molar-refractivity contribution is 0.288. The van der Waals surface area contributed by atoms with Crippen LogP contribution in [0.3, 0.4) is 0 Å². The van der Waals surface area contributed by atoms with Crippen molar-refractivity contribution in [3.05, 3.63) is 70.3 Å². The molecule has 0 N–H and O–H groups in total. The van der Waals surface area contributed by atoms with Crippen molar-refractivity contribution in [1.29, 1.82) is 0 Å². The number of hydrogen-bond acceptors (Lipinski definition) is 7. The highest BCUT2D eigenvalue weighted by Gasteiger charge is 2.30. The topological polar surface area (TPSA) is 78.9 Å². The van der Waals surface area contributed by atoms with E-state index in [0.717, 1.165) is 23.8 Å². The van der Waals surface area contributed by atoms with Crippen molar-refractivity contribution in [2.24, 2.45) is 0 Å². The fraction of sp³-hybridized carbons (Fsp3) is 0.238. The summed E-state index contributed by atoms with van der Waals surface area (Å²) in [6.07, 6.45) is 2.20. The van der Waals surface area contributed by atoms with Gasteiger partial charge in [0, 0.05) is 6.04 Å². The highest BCUT2D eigenvalue weighted by molar-refractivity contribution is 7.98. The molecule has 5 rings (SSSR count). The average Bonchev–Trinajstić information content (AvgIpc) is 3.36. The normalized spacial score (nSPS) is 13.5. The Morgan fingerprint density at radius 2 is 1.74 bits per heavy atom. The minimum absolute atomic E-state index is 0.297. The molecule has 0 radical (unpaired) electrons. The Morgan fingerprint density at radius 1 is 0.968 bits per heavy atom. The Balaban J connectivity index is 1.28. The summed E-state index contributed by atoms with van der Waals surface area (Å²) >= 11 is 13.9. The zero-order valence-corrected chi connectivity index (χ0v) is 18.6. The zero-order chi connectivity index (χ0) is 21.2. The standard InChI is InChI=1S/C21H17Cl2N5O2S/c22-15-6-2-1-5-14(15)20-26-25-19(30-20)12-31-21-27-24-18(28(21)13-9-10-13)11-29-17-8-4-3-7-16(17)23/h1-8,13H,9-12H2. The largest absolute Gasteiger partial charge is 0.484 e. The second kappa shape index (κ2) is 8.90. The summed E-state index contributed by atoms with van der Waals surface area (Å²) in [5.41, 5.74) is 0.716. The summed E-state index contributed by atoms with van der Waals surface area (Å²) in [7, 11) is 0. The van der Waals surface area contributed by atoms with E-state index in [4.69, 9.17) is 32.4 Å². The third-order valence-electron chi connectivity index (χ3n) is 4.74. The van der Waals surface area contributed by atoms with Gasteiger partial charge in [0.15, 0.2) is 11.0 Å². The summed E-state index contributed by atoms with van der Waals surface area (Å²) in [5.74, 6) is 2.78. The van der Waals surface area contributed by atoms with Crippen molar-refractivity contribution in [2.45, 2.75) is 36.4 Å². The number of nitrogens with zero attached hydrogens (tertiary/aromatic N) is 5. The van der Waals surface area contributed by atoms with E-state index in [9.17, 15) is 0 Å². The summed E-state index contributed by atoms with van der Waals surface area (Å²) < 4.78 is 13.8. The van der Waals surface area contributed by atoms with Crippen LogP contribution in [0.4, 0.5) is 0 Å². The van der Waals surface area contributed by atoms with Crippen LogP contribution < -0.4 is 4.74 Å². The highest BCUT2D eigenvalue weighted by Crippen LogP contribution is 2.39. The van der Waals surface area contributed by atoms with Crippen molar-refractivity contribution in [2.75, 3.05) is 0 Å². The molecular formula is C21H17Cl2N5O2S. The molecule has 158 valence electrons. The number of para-hydroxylation sites is 1. The van der Waals surface area contributed by atoms with Crippen molar-refractivity contribution < 1.29 is 9.15 Å². The molecule has 0 aliphatic heterocycles. The molecule has 31 heavy (non-hydrogen) atoms. The molecule has 0 atom stereocenters. The predicted molar refractivity (Wildman–Crippen MR) is 118 cm³/mol. The van der Waals surface area contributed by atoms with Gasteiger partial charge in [-0.3, -0.25) is 4.57 Å². The van der Waals surface area contributed by atoms with E-state index in [1.54, 1.807) is 12.1 Å². The molecule has 0 bridgehead atoms. The molecular weight excluding hydrogens is 457 g/mol. The lowest BCUT2D eigenvalue weighted by Gasteiger charge is -2.10. The van der Waals surface area contributed by atoms with Crippen LogP contribution in [0.5, 0.6) is 5.75 Å². The molecule has 1 saturated carbocycles. The predicted octanol–water partition coefficient (Wildman–Crippen LogP) is 5.84. The first-order valence-electron chi connectivity index (χ1n) is 9.70. The molecule has 2 heterocycles. The van der Waals surface area contributed by atoms with Crippen LogP contribution in [0.1, 0.15) is 30.6 Å². The molecule has 4 aromatic rings. The van der Waals surface area contributed by atoms with E-state index >= 15 is 0 Å². The maximum atomic E-state index is 6.22. The summed E-state index contributed by atoms with van der Waals surface area (Å²) in [4.78, 5) is 0. The highest BCUT2D eigenvalue weighted by atomic mass is 35.5. The fourth-order valence-electron chi connectivity index (χ4n) is 3.09. The maximum Gasteiger partial charge on any atom is 0.249 e. The first-order chi connectivity index (χ1) is 15.2. The van der Waals surface area contributed by atoms with E-state index in [1.165, 1.54) is 11.8 Å². The van der Waals surface area contributed by atoms with Gasteiger partial charge in [-0.15, -0.1) is 20.4 Å². The van der Waals surface area contributed by atoms with Gasteiger partial charge >= 0.3 is 0 Å². The van der Waals surface area contributed by atoms with E-state index in [1.807, 2.05) is 36.4 Å². The lowest BCUT2D eigenvalue weighted by Crippen LogP contribution is -2.07. The number of thioether (sulfide) groups is 1. The van der Waals surface area contributed by atoms with Gasteiger partial charge in [0.05, 0.1) is 21.4 Å². The second-order valence-electron chi connectivity index (χ2n) is 6.99. The molecule has 0 saturated heterocycles. The minimum Gasteiger partial charge on any atom is -0.484 e. The molecule has 0 spiro atoms. The van der Waals surface area contributed by atoms with Crippen molar-refractivity contribution in [1.82, 2.24) is 25.0 Å². The number of halogens is 2. The Hall–Kier alpha value is -2.55. The number of aromatic nitrogens is 5. The van der Waals surface area contributed by atoms with E-state index in [-0.39, 0.29) is 0 Å². The van der Waals surface area contributed by atoms with Gasteiger partial charge in [-0.25, -0.2) is 0 Å². The molecule has 10 heteroatoms. The molecule has 1 aliphatic carbocycles. The number of rotatable bonds is 8. The second-order valence-corrected chi connectivity index (χ2v) is 8.75. The number of ether oxygens (including phenoxy) is 1. The van der Waals surface area contributed by atoms with Crippen LogP contribution in [0, 0.1) is 0 Å². The quantitative estimate of drug-likeness (QED) is 0.297. The molecule has 2 aromatic heterocycles. The van der Waals surface area contributed by atoms with Gasteiger partial charge in [-0.2, -0.15) is 0 Å². The Labute approximate surface area is 192 Å². The van der Waals surface area contributed by atoms with Gasteiger partial charge in [-0.1, -0.05) is 59.2 Å². The molecule has 0 unspecified atom stereocenters. The van der Waals surface area contributed by atoms with Gasteiger partial charge in [0.25, 0.3) is 0 Å². The molecule has 7 nitrogen and oxygen atoms in total. The van der Waals surface area contributed by atoms with Gasteiger partial charge in [0.1, 0.15) is 12.4 Å². The Morgan fingerprint density at radius 3 is 2.52 bits per heavy atom. The van der Waals surface area contributed by atoms with Gasteiger partial charge in [0.2, 0.25) is 11.8 Å². The van der Waals surface area contributed by atoms with Crippen LogP contribution in [-0.2, 0) is 12.4 Å². The van der Waals surface area contributed by atoms with Crippen LogP contribution in [0.15, 0.2) is 58.1 Å². The first-order valence-corrected chi connectivity index (χ1v) is 11.4.